The first-order valence-electron chi connectivity index (χ1n) is 5.63. The molecule has 0 saturated carbocycles. The van der Waals surface area contributed by atoms with E-state index in [0.717, 1.165) is 24.0 Å². The lowest BCUT2D eigenvalue weighted by molar-refractivity contribution is -0.131. The Kier molecular flexibility index (Phi) is 2.82. The average molecular weight is 216 g/mol. The van der Waals surface area contributed by atoms with Crippen molar-refractivity contribution in [1.82, 2.24) is 0 Å². The third-order valence-electron chi connectivity index (χ3n) is 3.36. The van der Waals surface area contributed by atoms with Gasteiger partial charge in [0, 0.05) is 6.08 Å². The minimum Gasteiger partial charge on any atom is -0.478 e. The summed E-state index contributed by atoms with van der Waals surface area (Å²) < 4.78 is 0. The Balaban J connectivity index is 2.57. The van der Waals surface area contributed by atoms with Crippen LogP contribution in [-0.2, 0) is 11.2 Å². The fourth-order valence-electron chi connectivity index (χ4n) is 2.44. The first kappa shape index (κ1) is 10.9. The van der Waals surface area contributed by atoms with Crippen LogP contribution in [0.5, 0.6) is 0 Å². The van der Waals surface area contributed by atoms with Crippen LogP contribution in [0, 0.1) is 12.8 Å². The summed E-state index contributed by atoms with van der Waals surface area (Å²) >= 11 is 0. The predicted molar refractivity (Wildman–Crippen MR) is 64.3 cm³/mol. The molecule has 0 saturated heterocycles. The molecule has 0 bridgehead atoms. The Labute approximate surface area is 95.6 Å². The first-order valence-corrected chi connectivity index (χ1v) is 5.63. The Morgan fingerprint density at radius 3 is 2.94 bits per heavy atom. The number of fused-ring (bicyclic) bond motifs is 1. The van der Waals surface area contributed by atoms with E-state index in [4.69, 9.17) is 5.11 Å². The van der Waals surface area contributed by atoms with Crippen molar-refractivity contribution in [1.29, 1.82) is 0 Å². The molecule has 0 fully saturated rings. The Morgan fingerprint density at radius 2 is 2.25 bits per heavy atom. The fourth-order valence-corrected chi connectivity index (χ4v) is 2.44. The molecule has 1 aromatic carbocycles. The Bertz CT molecular complexity index is 458. The van der Waals surface area contributed by atoms with E-state index in [1.807, 2.05) is 12.1 Å². The summed E-state index contributed by atoms with van der Waals surface area (Å²) in [5, 5.41) is 8.90. The van der Waals surface area contributed by atoms with Crippen LogP contribution in [0.3, 0.4) is 0 Å². The van der Waals surface area contributed by atoms with Gasteiger partial charge in [0.15, 0.2) is 0 Å². The number of aryl methyl sites for hydroxylation is 1. The maximum Gasteiger partial charge on any atom is 0.328 e. The summed E-state index contributed by atoms with van der Waals surface area (Å²) in [7, 11) is 0. The molecular formula is C14H16O2. The second-order valence-electron chi connectivity index (χ2n) is 4.48. The van der Waals surface area contributed by atoms with Crippen molar-refractivity contribution in [2.24, 2.45) is 5.92 Å². The zero-order chi connectivity index (χ0) is 11.7. The lowest BCUT2D eigenvalue weighted by atomic mass is 9.79. The van der Waals surface area contributed by atoms with Gasteiger partial charge in [-0.25, -0.2) is 4.79 Å². The maximum absolute atomic E-state index is 10.8. The highest BCUT2D eigenvalue weighted by Crippen LogP contribution is 2.36. The van der Waals surface area contributed by atoms with Gasteiger partial charge >= 0.3 is 5.97 Å². The van der Waals surface area contributed by atoms with Crippen molar-refractivity contribution in [3.8, 4) is 0 Å². The molecule has 1 aromatic rings. The van der Waals surface area contributed by atoms with Crippen molar-refractivity contribution in [2.75, 3.05) is 0 Å². The summed E-state index contributed by atoms with van der Waals surface area (Å²) in [6.07, 6.45) is 3.46. The van der Waals surface area contributed by atoms with Crippen LogP contribution in [0.15, 0.2) is 24.3 Å². The summed E-state index contributed by atoms with van der Waals surface area (Å²) in [6.45, 7) is 4.19. The number of aliphatic carboxylic acids is 1. The number of hydrogen-bond acceptors (Lipinski definition) is 1. The summed E-state index contributed by atoms with van der Waals surface area (Å²) in [6, 6.07) is 6.13. The Morgan fingerprint density at radius 1 is 1.50 bits per heavy atom. The van der Waals surface area contributed by atoms with E-state index < -0.39 is 5.97 Å². The van der Waals surface area contributed by atoms with Crippen molar-refractivity contribution in [2.45, 2.75) is 26.7 Å². The zero-order valence-electron chi connectivity index (χ0n) is 9.66. The largest absolute Gasteiger partial charge is 0.478 e. The molecule has 0 heterocycles. The minimum atomic E-state index is -0.851. The lowest BCUT2D eigenvalue weighted by Crippen LogP contribution is -2.13. The predicted octanol–water partition coefficient (Wildman–Crippen LogP) is 3.05. The molecule has 0 amide bonds. The molecule has 0 radical (unpaired) electrons. The van der Waals surface area contributed by atoms with Gasteiger partial charge in [-0.2, -0.15) is 0 Å². The highest BCUT2D eigenvalue weighted by Gasteiger charge is 2.22. The van der Waals surface area contributed by atoms with E-state index in [-0.39, 0.29) is 0 Å². The Hall–Kier alpha value is -1.57. The van der Waals surface area contributed by atoms with Crippen molar-refractivity contribution in [3.05, 3.63) is 41.0 Å². The van der Waals surface area contributed by atoms with Crippen molar-refractivity contribution >= 4 is 11.5 Å². The van der Waals surface area contributed by atoms with Crippen LogP contribution in [0.25, 0.3) is 5.57 Å². The van der Waals surface area contributed by atoms with Gasteiger partial charge < -0.3 is 5.11 Å². The van der Waals surface area contributed by atoms with Gasteiger partial charge in [-0.3, -0.25) is 0 Å². The molecule has 16 heavy (non-hydrogen) atoms. The number of allylic oxidation sites excluding steroid dienone is 1. The van der Waals surface area contributed by atoms with Crippen molar-refractivity contribution in [3.63, 3.8) is 0 Å². The fraction of sp³-hybridized carbons (Fsp3) is 0.357. The molecule has 1 N–H and O–H groups in total. The van der Waals surface area contributed by atoms with E-state index in [1.54, 1.807) is 0 Å². The van der Waals surface area contributed by atoms with E-state index in [2.05, 4.69) is 19.9 Å². The van der Waals surface area contributed by atoms with Crippen LogP contribution in [0.1, 0.15) is 30.0 Å². The molecule has 2 heteroatoms. The monoisotopic (exact) mass is 216 g/mol. The first-order chi connectivity index (χ1) is 7.59. The second kappa shape index (κ2) is 4.12. The van der Waals surface area contributed by atoms with Crippen LogP contribution in [0.4, 0.5) is 0 Å². The lowest BCUT2D eigenvalue weighted by Gasteiger charge is -2.26. The normalized spacial score (nSPS) is 21.9. The molecule has 1 unspecified atom stereocenters. The van der Waals surface area contributed by atoms with Gasteiger partial charge in [-0.15, -0.1) is 0 Å². The number of hydrogen-bond donors (Lipinski definition) is 1. The van der Waals surface area contributed by atoms with Gasteiger partial charge in [-0.1, -0.05) is 25.1 Å². The van der Waals surface area contributed by atoms with Gasteiger partial charge in [0.25, 0.3) is 0 Å². The maximum atomic E-state index is 10.8. The molecular weight excluding hydrogens is 200 g/mol. The van der Waals surface area contributed by atoms with Gasteiger partial charge in [0.1, 0.15) is 0 Å². The average Bonchev–Trinajstić information content (AvgIpc) is 2.22. The number of rotatable bonds is 1. The second-order valence-corrected chi connectivity index (χ2v) is 4.48. The number of carboxylic acids is 1. The molecule has 2 rings (SSSR count). The smallest absolute Gasteiger partial charge is 0.328 e. The summed E-state index contributed by atoms with van der Waals surface area (Å²) in [5.41, 5.74) is 4.67. The van der Waals surface area contributed by atoms with Crippen molar-refractivity contribution < 1.29 is 9.90 Å². The minimum absolute atomic E-state index is 0.338. The van der Waals surface area contributed by atoms with Gasteiger partial charge in [0.05, 0.1) is 0 Å². The van der Waals surface area contributed by atoms with Crippen LogP contribution >= 0.6 is 0 Å². The van der Waals surface area contributed by atoms with Crippen LogP contribution in [0.2, 0.25) is 0 Å². The molecule has 1 aliphatic carbocycles. The quantitative estimate of drug-likeness (QED) is 0.732. The topological polar surface area (TPSA) is 37.3 Å². The highest BCUT2D eigenvalue weighted by molar-refractivity contribution is 5.91. The third kappa shape index (κ3) is 1.87. The molecule has 1 aliphatic rings. The van der Waals surface area contributed by atoms with E-state index in [0.29, 0.717) is 5.92 Å². The van der Waals surface area contributed by atoms with E-state index in [1.165, 1.54) is 17.2 Å². The molecule has 0 spiro atoms. The van der Waals surface area contributed by atoms with Crippen LogP contribution < -0.4 is 0 Å². The van der Waals surface area contributed by atoms with Gasteiger partial charge in [-0.05, 0) is 47.9 Å². The number of carboxylic acid groups (broad SMARTS) is 1. The molecule has 84 valence electrons. The summed E-state index contributed by atoms with van der Waals surface area (Å²) in [5.74, 6) is -0.512. The zero-order valence-corrected chi connectivity index (χ0v) is 9.66. The molecule has 0 aliphatic heterocycles. The number of benzene rings is 1. The SMILES string of the molecule is Cc1cccc2c1CCC(C)/C2=C\C(=O)O. The van der Waals surface area contributed by atoms with Gasteiger partial charge in [0.2, 0.25) is 0 Å². The summed E-state index contributed by atoms with van der Waals surface area (Å²) in [4.78, 5) is 10.8. The molecule has 2 nitrogen and oxygen atoms in total. The highest BCUT2D eigenvalue weighted by atomic mass is 16.4. The standard InChI is InChI=1S/C14H16O2/c1-9-4-3-5-12-11(9)7-6-10(2)13(12)8-14(15)16/h3-5,8,10H,6-7H2,1-2H3,(H,15,16)/b13-8+. The third-order valence-corrected chi connectivity index (χ3v) is 3.36. The molecule has 1 atom stereocenters. The molecule has 0 aromatic heterocycles. The number of carbonyl (C=O) groups is 1. The van der Waals surface area contributed by atoms with Crippen LogP contribution in [-0.4, -0.2) is 11.1 Å². The van der Waals surface area contributed by atoms with E-state index in [9.17, 15) is 4.79 Å². The van der Waals surface area contributed by atoms with E-state index >= 15 is 0 Å².